The number of nitrogens with zero attached hydrogens (tertiary/aromatic N) is 6. The van der Waals surface area contributed by atoms with E-state index in [-0.39, 0.29) is 11.4 Å². The molecule has 8 rings (SSSR count). The fourth-order valence-corrected chi connectivity index (χ4v) is 7.30. The minimum Gasteiger partial charge on any atom is -0.390 e. The van der Waals surface area contributed by atoms with E-state index in [0.29, 0.717) is 41.0 Å². The molecule has 34 heavy (non-hydrogen) atoms. The summed E-state index contributed by atoms with van der Waals surface area (Å²) in [6.07, 6.45) is 9.05. The molecule has 1 N–H and O–H groups in total. The molecule has 0 aliphatic heterocycles. The van der Waals surface area contributed by atoms with Crippen molar-refractivity contribution in [2.24, 2.45) is 11.8 Å². The van der Waals surface area contributed by atoms with E-state index in [1.54, 1.807) is 16.6 Å². The van der Waals surface area contributed by atoms with Gasteiger partial charge in [-0.15, -0.1) is 0 Å². The second kappa shape index (κ2) is 6.73. The summed E-state index contributed by atoms with van der Waals surface area (Å²) in [7, 11) is 0. The minimum atomic E-state index is -0.628. The molecule has 0 saturated heterocycles. The molecule has 4 bridgehead atoms. The van der Waals surface area contributed by atoms with Crippen molar-refractivity contribution in [3.63, 3.8) is 0 Å². The topological polar surface area (TPSA) is 92.0 Å². The molecule has 1 unspecified atom stereocenters. The highest BCUT2D eigenvalue weighted by Crippen LogP contribution is 2.61. The van der Waals surface area contributed by atoms with Crippen molar-refractivity contribution in [3.05, 3.63) is 60.4 Å². The van der Waals surface area contributed by atoms with Crippen molar-refractivity contribution in [2.45, 2.75) is 49.7 Å². The van der Waals surface area contributed by atoms with Crippen LogP contribution in [0.3, 0.4) is 0 Å². The van der Waals surface area contributed by atoms with E-state index in [9.17, 15) is 14.8 Å². The van der Waals surface area contributed by atoms with Crippen molar-refractivity contribution in [1.82, 2.24) is 24.1 Å². The Morgan fingerprint density at radius 2 is 1.79 bits per heavy atom. The Kier molecular flexibility index (Phi) is 3.93. The summed E-state index contributed by atoms with van der Waals surface area (Å²) in [6.45, 7) is 0. The number of aromatic nitrogens is 5. The number of rotatable bonds is 3. The molecular weight excluding hydrogens is 431 g/mol. The van der Waals surface area contributed by atoms with Gasteiger partial charge in [-0.1, -0.05) is 0 Å². The number of hydrogen-bond acceptors (Lipinski definition) is 5. The number of nitriles is 1. The van der Waals surface area contributed by atoms with Crippen LogP contribution in [0.25, 0.3) is 28.3 Å². The molecule has 4 fully saturated rings. The molecule has 4 atom stereocenters. The Balaban J connectivity index is 1.46. The molecule has 0 amide bonds. The fourth-order valence-electron chi connectivity index (χ4n) is 7.30. The summed E-state index contributed by atoms with van der Waals surface area (Å²) >= 11 is 0. The van der Waals surface area contributed by atoms with Gasteiger partial charge in [0.1, 0.15) is 17.6 Å². The maximum atomic E-state index is 13.7. The molecule has 8 heteroatoms. The van der Waals surface area contributed by atoms with Gasteiger partial charge in [-0.05, 0) is 86.8 Å². The molecule has 4 aliphatic rings. The lowest BCUT2D eigenvalue weighted by Gasteiger charge is -2.60. The highest BCUT2D eigenvalue weighted by molar-refractivity contribution is 5.77. The first-order valence-electron chi connectivity index (χ1n) is 11.8. The highest BCUT2D eigenvalue weighted by atomic mass is 19.1. The molecular formula is C26H23FN6O. The first kappa shape index (κ1) is 19.9. The van der Waals surface area contributed by atoms with Crippen molar-refractivity contribution in [2.75, 3.05) is 0 Å². The van der Waals surface area contributed by atoms with E-state index in [2.05, 4.69) is 15.6 Å². The van der Waals surface area contributed by atoms with Crippen molar-refractivity contribution < 1.29 is 9.50 Å². The molecule has 0 radical (unpaired) electrons. The summed E-state index contributed by atoms with van der Waals surface area (Å²) in [5.74, 6) is 0.708. The Hall–Kier alpha value is -3.57. The van der Waals surface area contributed by atoms with Gasteiger partial charge in [0.15, 0.2) is 11.3 Å². The lowest BCUT2D eigenvalue weighted by molar-refractivity contribution is -0.156. The monoisotopic (exact) mass is 454 g/mol. The fraction of sp³-hybridized carbons (Fsp3) is 0.385. The van der Waals surface area contributed by atoms with E-state index in [1.165, 1.54) is 24.8 Å². The van der Waals surface area contributed by atoms with Crippen LogP contribution in [0.4, 0.5) is 4.39 Å². The Bertz CT molecular complexity index is 1470. The van der Waals surface area contributed by atoms with E-state index < -0.39 is 5.60 Å². The van der Waals surface area contributed by atoms with Gasteiger partial charge in [0, 0.05) is 11.1 Å². The van der Waals surface area contributed by atoms with Crippen LogP contribution in [0.5, 0.6) is 0 Å². The SMILES string of the molecule is N#Cc1cnc2ccc(-c3c(-c4ccc(F)cc4)ncn3[C@@]34CC5C[C@H](C[C@@](O)(C5)C3)C4)nn12. The van der Waals surface area contributed by atoms with Gasteiger partial charge in [0.25, 0.3) is 0 Å². The molecule has 4 saturated carbocycles. The van der Waals surface area contributed by atoms with Crippen LogP contribution in [0.15, 0.2) is 48.9 Å². The van der Waals surface area contributed by atoms with E-state index >= 15 is 0 Å². The van der Waals surface area contributed by atoms with Crippen LogP contribution in [0.2, 0.25) is 0 Å². The van der Waals surface area contributed by atoms with E-state index in [4.69, 9.17) is 10.1 Å². The smallest absolute Gasteiger partial charge is 0.162 e. The van der Waals surface area contributed by atoms with Gasteiger partial charge in [0.2, 0.25) is 0 Å². The lowest BCUT2D eigenvalue weighted by atomic mass is 9.51. The van der Waals surface area contributed by atoms with Crippen LogP contribution in [-0.2, 0) is 5.54 Å². The third-order valence-electron chi connectivity index (χ3n) is 8.12. The average Bonchev–Trinajstić information content (AvgIpc) is 3.42. The third-order valence-corrected chi connectivity index (χ3v) is 8.12. The van der Waals surface area contributed by atoms with Gasteiger partial charge in [-0.3, -0.25) is 0 Å². The summed E-state index contributed by atoms with van der Waals surface area (Å²) in [6, 6.07) is 12.2. The summed E-state index contributed by atoms with van der Waals surface area (Å²) in [5, 5.41) is 25.7. The van der Waals surface area contributed by atoms with Gasteiger partial charge >= 0.3 is 0 Å². The van der Waals surface area contributed by atoms with Crippen molar-refractivity contribution >= 4 is 5.65 Å². The van der Waals surface area contributed by atoms with Gasteiger partial charge < -0.3 is 9.67 Å². The molecule has 3 aromatic heterocycles. The maximum absolute atomic E-state index is 13.7. The molecule has 4 aromatic rings. The number of imidazole rings is 2. The largest absolute Gasteiger partial charge is 0.390 e. The predicted octanol–water partition coefficient (Wildman–Crippen LogP) is 4.31. The standard InChI is InChI=1S/C26H23FN6O/c27-19-3-1-18(2-4-19)23-24(21-5-6-22-29-13-20(12-28)33(22)31-21)32(15-30-23)25-8-16-7-17(9-25)11-26(34,10-16)14-25/h1-6,13,15-17,34H,7-11,14H2/t16-,17?,25-,26+/m0/s1. The Morgan fingerprint density at radius 1 is 1.03 bits per heavy atom. The number of halogens is 1. The van der Waals surface area contributed by atoms with E-state index in [1.807, 2.05) is 18.5 Å². The van der Waals surface area contributed by atoms with Gasteiger partial charge in [-0.25, -0.2) is 18.9 Å². The number of hydrogen-bond donors (Lipinski definition) is 1. The summed E-state index contributed by atoms with van der Waals surface area (Å²) < 4.78 is 17.5. The second-order valence-corrected chi connectivity index (χ2v) is 10.5. The summed E-state index contributed by atoms with van der Waals surface area (Å²) in [5.41, 5.74) is 3.10. The van der Waals surface area contributed by atoms with Crippen molar-refractivity contribution in [3.8, 4) is 28.7 Å². The van der Waals surface area contributed by atoms with Crippen LogP contribution in [0, 0.1) is 29.0 Å². The molecule has 3 heterocycles. The lowest BCUT2D eigenvalue weighted by Crippen LogP contribution is -2.59. The number of fused-ring (bicyclic) bond motifs is 1. The van der Waals surface area contributed by atoms with Crippen LogP contribution >= 0.6 is 0 Å². The van der Waals surface area contributed by atoms with Crippen LogP contribution in [0.1, 0.15) is 44.2 Å². The zero-order chi connectivity index (χ0) is 23.1. The average molecular weight is 455 g/mol. The van der Waals surface area contributed by atoms with Crippen molar-refractivity contribution in [1.29, 1.82) is 5.26 Å². The molecule has 170 valence electrons. The predicted molar refractivity (Wildman–Crippen MR) is 122 cm³/mol. The molecule has 0 spiro atoms. The maximum Gasteiger partial charge on any atom is 0.162 e. The first-order valence-corrected chi connectivity index (χ1v) is 11.8. The van der Waals surface area contributed by atoms with Crippen LogP contribution < -0.4 is 0 Å². The highest BCUT2D eigenvalue weighted by Gasteiger charge is 2.58. The third kappa shape index (κ3) is 2.80. The number of benzene rings is 1. The van der Waals surface area contributed by atoms with E-state index in [0.717, 1.165) is 36.9 Å². The first-order chi connectivity index (χ1) is 16.5. The quantitative estimate of drug-likeness (QED) is 0.498. The molecule has 4 aliphatic carbocycles. The van der Waals surface area contributed by atoms with Crippen LogP contribution in [-0.4, -0.2) is 34.9 Å². The Morgan fingerprint density at radius 3 is 2.50 bits per heavy atom. The van der Waals surface area contributed by atoms with Gasteiger partial charge in [-0.2, -0.15) is 10.4 Å². The zero-order valence-electron chi connectivity index (χ0n) is 18.5. The molecule has 1 aromatic carbocycles. The van der Waals surface area contributed by atoms with Gasteiger partial charge in [0.05, 0.1) is 29.5 Å². The molecule has 7 nitrogen and oxygen atoms in total. The summed E-state index contributed by atoms with van der Waals surface area (Å²) in [4.78, 5) is 9.08. The number of aliphatic hydroxyl groups is 1. The minimum absolute atomic E-state index is 0.233. The Labute approximate surface area is 195 Å². The normalized spacial score (nSPS) is 29.6. The second-order valence-electron chi connectivity index (χ2n) is 10.5. The zero-order valence-corrected chi connectivity index (χ0v) is 18.5.